The molecule has 0 aromatic heterocycles. The minimum atomic E-state index is -0.584. The van der Waals surface area contributed by atoms with E-state index < -0.39 is 6.04 Å². The van der Waals surface area contributed by atoms with E-state index in [2.05, 4.69) is 5.32 Å². The molecule has 2 amide bonds. The lowest BCUT2D eigenvalue weighted by Crippen LogP contribution is -2.52. The normalized spacial score (nSPS) is 12.6. The van der Waals surface area contributed by atoms with Crippen LogP contribution in [0.15, 0.2) is 84.9 Å². The van der Waals surface area contributed by atoms with E-state index in [0.29, 0.717) is 25.8 Å². The van der Waals surface area contributed by atoms with E-state index in [9.17, 15) is 9.59 Å². The summed E-state index contributed by atoms with van der Waals surface area (Å²) in [7, 11) is 0. The van der Waals surface area contributed by atoms with Gasteiger partial charge in [0.1, 0.15) is 6.04 Å². The van der Waals surface area contributed by atoms with E-state index >= 15 is 0 Å². The zero-order chi connectivity index (χ0) is 24.3. The quantitative estimate of drug-likeness (QED) is 0.415. The molecule has 0 unspecified atom stereocenters. The SMILES string of the molecule is CC[C@H](C)NC(=O)[C@H](Cc1ccccc1)N(Cc1ccccc1C)C(=O)CCc1ccccc1. The van der Waals surface area contributed by atoms with Gasteiger partial charge in [-0.15, -0.1) is 0 Å². The summed E-state index contributed by atoms with van der Waals surface area (Å²) in [6.45, 7) is 6.51. The maximum absolute atomic E-state index is 13.7. The first-order valence-electron chi connectivity index (χ1n) is 12.2. The fourth-order valence-corrected chi connectivity index (χ4v) is 4.01. The molecule has 0 aliphatic rings. The Balaban J connectivity index is 1.92. The molecule has 4 heteroatoms. The van der Waals surface area contributed by atoms with E-state index in [1.807, 2.05) is 106 Å². The second-order valence-electron chi connectivity index (χ2n) is 8.96. The number of nitrogens with one attached hydrogen (secondary N) is 1. The maximum Gasteiger partial charge on any atom is 0.243 e. The Morgan fingerprint density at radius 1 is 0.853 bits per heavy atom. The third-order valence-electron chi connectivity index (χ3n) is 6.34. The summed E-state index contributed by atoms with van der Waals surface area (Å²) in [5.41, 5.74) is 4.34. The summed E-state index contributed by atoms with van der Waals surface area (Å²) >= 11 is 0. The molecule has 1 N–H and O–H groups in total. The Kier molecular flexibility index (Phi) is 9.45. The third kappa shape index (κ3) is 7.31. The molecule has 0 aliphatic carbocycles. The molecule has 0 aliphatic heterocycles. The zero-order valence-corrected chi connectivity index (χ0v) is 20.5. The molecule has 0 heterocycles. The summed E-state index contributed by atoms with van der Waals surface area (Å²) < 4.78 is 0. The molecule has 0 bridgehead atoms. The van der Waals surface area contributed by atoms with Gasteiger partial charge in [-0.1, -0.05) is 91.9 Å². The van der Waals surface area contributed by atoms with Crippen molar-refractivity contribution in [3.8, 4) is 0 Å². The number of rotatable bonds is 11. The van der Waals surface area contributed by atoms with Crippen molar-refractivity contribution < 1.29 is 9.59 Å². The minimum Gasteiger partial charge on any atom is -0.352 e. The fraction of sp³-hybridized carbons (Fsp3) is 0.333. The number of hydrogen-bond acceptors (Lipinski definition) is 2. The van der Waals surface area contributed by atoms with Crippen molar-refractivity contribution >= 4 is 11.8 Å². The van der Waals surface area contributed by atoms with Gasteiger partial charge in [-0.3, -0.25) is 9.59 Å². The highest BCUT2D eigenvalue weighted by molar-refractivity contribution is 5.88. The lowest BCUT2D eigenvalue weighted by Gasteiger charge is -2.33. The van der Waals surface area contributed by atoms with Gasteiger partial charge in [-0.05, 0) is 48.9 Å². The Bertz CT molecular complexity index is 1050. The highest BCUT2D eigenvalue weighted by Gasteiger charge is 2.31. The van der Waals surface area contributed by atoms with Crippen molar-refractivity contribution in [1.82, 2.24) is 10.2 Å². The first kappa shape index (κ1) is 25.2. The average Bonchev–Trinajstić information content (AvgIpc) is 2.86. The second kappa shape index (κ2) is 12.7. The van der Waals surface area contributed by atoms with E-state index in [4.69, 9.17) is 0 Å². The van der Waals surface area contributed by atoms with Crippen LogP contribution in [-0.4, -0.2) is 28.8 Å². The van der Waals surface area contributed by atoms with Gasteiger partial charge in [0.15, 0.2) is 0 Å². The molecule has 3 rings (SSSR count). The van der Waals surface area contributed by atoms with Crippen LogP contribution in [-0.2, 0) is 29.0 Å². The van der Waals surface area contributed by atoms with Gasteiger partial charge in [-0.25, -0.2) is 0 Å². The van der Waals surface area contributed by atoms with Crippen LogP contribution in [0.4, 0.5) is 0 Å². The average molecular weight is 457 g/mol. The number of benzene rings is 3. The number of carbonyl (C=O) groups excluding carboxylic acids is 2. The second-order valence-corrected chi connectivity index (χ2v) is 8.96. The van der Waals surface area contributed by atoms with Gasteiger partial charge in [0.2, 0.25) is 11.8 Å². The molecular formula is C30H36N2O2. The molecule has 0 fully saturated rings. The summed E-state index contributed by atoms with van der Waals surface area (Å²) in [6.07, 6.45) is 2.32. The molecule has 178 valence electrons. The summed E-state index contributed by atoms with van der Waals surface area (Å²) in [4.78, 5) is 29.0. The maximum atomic E-state index is 13.7. The highest BCUT2D eigenvalue weighted by atomic mass is 16.2. The molecule has 3 aromatic carbocycles. The van der Waals surface area contributed by atoms with Gasteiger partial charge in [0.05, 0.1) is 0 Å². The fourth-order valence-electron chi connectivity index (χ4n) is 4.01. The number of carbonyl (C=O) groups is 2. The molecule has 4 nitrogen and oxygen atoms in total. The zero-order valence-electron chi connectivity index (χ0n) is 20.5. The van der Waals surface area contributed by atoms with Crippen molar-refractivity contribution in [3.63, 3.8) is 0 Å². The van der Waals surface area contributed by atoms with Gasteiger partial charge < -0.3 is 10.2 Å². The van der Waals surface area contributed by atoms with Crippen LogP contribution >= 0.6 is 0 Å². The Hall–Kier alpha value is -3.40. The highest BCUT2D eigenvalue weighted by Crippen LogP contribution is 2.19. The predicted molar refractivity (Wildman–Crippen MR) is 138 cm³/mol. The largest absolute Gasteiger partial charge is 0.352 e. The standard InChI is InChI=1S/C30H36N2O2/c1-4-24(3)31-30(34)28(21-26-16-9-6-10-17-26)32(22-27-18-12-11-13-23(27)2)29(33)20-19-25-14-7-5-8-15-25/h5-18,24,28H,4,19-22H2,1-3H3,(H,31,34)/t24-,28-/m0/s1. The van der Waals surface area contributed by atoms with Crippen molar-refractivity contribution in [2.24, 2.45) is 0 Å². The number of aryl methyl sites for hydroxylation is 2. The Morgan fingerprint density at radius 3 is 2.06 bits per heavy atom. The van der Waals surface area contributed by atoms with Crippen molar-refractivity contribution in [1.29, 1.82) is 0 Å². The van der Waals surface area contributed by atoms with Crippen LogP contribution in [0.25, 0.3) is 0 Å². The molecule has 2 atom stereocenters. The van der Waals surface area contributed by atoms with Gasteiger partial charge in [0.25, 0.3) is 0 Å². The van der Waals surface area contributed by atoms with Gasteiger partial charge >= 0.3 is 0 Å². The number of hydrogen-bond donors (Lipinski definition) is 1. The molecular weight excluding hydrogens is 420 g/mol. The summed E-state index contributed by atoms with van der Waals surface area (Å²) in [6, 6.07) is 27.5. The summed E-state index contributed by atoms with van der Waals surface area (Å²) in [5, 5.41) is 3.13. The van der Waals surface area contributed by atoms with Crippen LogP contribution in [0.5, 0.6) is 0 Å². The van der Waals surface area contributed by atoms with Crippen LogP contribution in [0.2, 0.25) is 0 Å². The molecule has 0 saturated carbocycles. The summed E-state index contributed by atoms with van der Waals surface area (Å²) in [5.74, 6) is -0.104. The van der Waals surface area contributed by atoms with Crippen LogP contribution in [0, 0.1) is 6.92 Å². The lowest BCUT2D eigenvalue weighted by molar-refractivity contribution is -0.141. The van der Waals surface area contributed by atoms with Crippen molar-refractivity contribution in [2.45, 2.75) is 65.1 Å². The van der Waals surface area contributed by atoms with E-state index in [0.717, 1.165) is 28.7 Å². The van der Waals surface area contributed by atoms with E-state index in [1.54, 1.807) is 4.90 Å². The van der Waals surface area contributed by atoms with E-state index in [1.165, 1.54) is 0 Å². The predicted octanol–water partition coefficient (Wildman–Crippen LogP) is 5.48. The first-order valence-corrected chi connectivity index (χ1v) is 12.2. The molecule has 0 spiro atoms. The smallest absolute Gasteiger partial charge is 0.243 e. The van der Waals surface area contributed by atoms with Crippen LogP contribution in [0.3, 0.4) is 0 Å². The van der Waals surface area contributed by atoms with Gasteiger partial charge in [-0.2, -0.15) is 0 Å². The molecule has 0 radical (unpaired) electrons. The third-order valence-corrected chi connectivity index (χ3v) is 6.34. The van der Waals surface area contributed by atoms with Crippen molar-refractivity contribution in [3.05, 3.63) is 107 Å². The Morgan fingerprint density at radius 2 is 1.44 bits per heavy atom. The van der Waals surface area contributed by atoms with Crippen LogP contribution in [0.1, 0.15) is 48.9 Å². The minimum absolute atomic E-state index is 0.00709. The van der Waals surface area contributed by atoms with E-state index in [-0.39, 0.29) is 17.9 Å². The molecule has 0 saturated heterocycles. The Labute approximate surface area is 204 Å². The monoisotopic (exact) mass is 456 g/mol. The topological polar surface area (TPSA) is 49.4 Å². The first-order chi connectivity index (χ1) is 16.5. The molecule has 34 heavy (non-hydrogen) atoms. The number of nitrogens with zero attached hydrogens (tertiary/aromatic N) is 1. The van der Waals surface area contributed by atoms with Crippen molar-refractivity contribution in [2.75, 3.05) is 0 Å². The number of amides is 2. The lowest BCUT2D eigenvalue weighted by atomic mass is 10.00. The molecule has 3 aromatic rings. The van der Waals surface area contributed by atoms with Gasteiger partial charge in [0, 0.05) is 25.4 Å². The van der Waals surface area contributed by atoms with Crippen LogP contribution < -0.4 is 5.32 Å².